The SMILES string of the molecule is CN(C)C(=O)c1ccc(NC2CN(C3CCN(C(=O)C4(c5ccccc5)CCC4)CC3)C2)cc1Cl. The number of carbonyl (C=O) groups is 2. The molecule has 2 heterocycles. The van der Waals surface area contributed by atoms with Crippen LogP contribution < -0.4 is 5.32 Å². The van der Waals surface area contributed by atoms with Crippen LogP contribution in [-0.4, -0.2) is 78.9 Å². The lowest BCUT2D eigenvalue weighted by Crippen LogP contribution is -2.61. The second-order valence-corrected chi connectivity index (χ2v) is 10.9. The van der Waals surface area contributed by atoms with E-state index in [0.29, 0.717) is 28.6 Å². The summed E-state index contributed by atoms with van der Waals surface area (Å²) in [5, 5.41) is 4.02. The maximum absolute atomic E-state index is 13.5. The van der Waals surface area contributed by atoms with Gasteiger partial charge < -0.3 is 15.1 Å². The first-order chi connectivity index (χ1) is 16.9. The fraction of sp³-hybridized carbons (Fsp3) is 0.500. The Morgan fingerprint density at radius 1 is 1.03 bits per heavy atom. The molecule has 0 bridgehead atoms. The minimum atomic E-state index is -0.284. The van der Waals surface area contributed by atoms with Gasteiger partial charge in [-0.2, -0.15) is 0 Å². The first-order valence-electron chi connectivity index (χ1n) is 12.7. The molecule has 2 aromatic carbocycles. The third kappa shape index (κ3) is 4.66. The standard InChI is InChI=1S/C28H35ClN4O2/c1-31(2)26(34)24-10-9-21(17-25(24)29)30-22-18-33(19-22)23-11-15-32(16-12-23)27(35)28(13-6-14-28)20-7-4-3-5-8-20/h3-5,7-10,17,22-23,30H,6,11-16,18-19H2,1-2H3. The second kappa shape index (κ2) is 9.82. The topological polar surface area (TPSA) is 55.9 Å². The van der Waals surface area contributed by atoms with Gasteiger partial charge in [0.1, 0.15) is 0 Å². The zero-order valence-corrected chi connectivity index (χ0v) is 21.4. The number of nitrogens with zero attached hydrogens (tertiary/aromatic N) is 3. The molecule has 186 valence electrons. The van der Waals surface area contributed by atoms with Gasteiger partial charge in [0.05, 0.1) is 22.0 Å². The molecule has 1 aliphatic carbocycles. The molecule has 3 fully saturated rings. The van der Waals surface area contributed by atoms with Gasteiger partial charge in [-0.1, -0.05) is 48.4 Å². The average molecular weight is 495 g/mol. The number of benzene rings is 2. The van der Waals surface area contributed by atoms with Gasteiger partial charge in [-0.25, -0.2) is 0 Å². The molecule has 5 rings (SSSR count). The lowest BCUT2D eigenvalue weighted by Gasteiger charge is -2.49. The van der Waals surface area contributed by atoms with Gasteiger partial charge in [0.25, 0.3) is 5.91 Å². The highest BCUT2D eigenvalue weighted by Gasteiger charge is 2.48. The Labute approximate surface area is 213 Å². The minimum Gasteiger partial charge on any atom is -0.380 e. The van der Waals surface area contributed by atoms with Gasteiger partial charge in [-0.3, -0.25) is 14.5 Å². The Kier molecular flexibility index (Phi) is 6.78. The van der Waals surface area contributed by atoms with Crippen molar-refractivity contribution in [2.45, 2.75) is 49.6 Å². The number of carbonyl (C=O) groups excluding carboxylic acids is 2. The third-order valence-corrected chi connectivity index (χ3v) is 8.41. The van der Waals surface area contributed by atoms with E-state index >= 15 is 0 Å². The Hall–Kier alpha value is -2.57. The van der Waals surface area contributed by atoms with Crippen LogP contribution in [0.25, 0.3) is 0 Å². The summed E-state index contributed by atoms with van der Waals surface area (Å²) in [6.07, 6.45) is 5.17. The van der Waals surface area contributed by atoms with Crippen LogP contribution in [0.1, 0.15) is 48.0 Å². The van der Waals surface area contributed by atoms with Gasteiger partial charge in [0, 0.05) is 52.0 Å². The van der Waals surface area contributed by atoms with Crippen molar-refractivity contribution in [2.24, 2.45) is 0 Å². The quantitative estimate of drug-likeness (QED) is 0.652. The number of piperidine rings is 1. The minimum absolute atomic E-state index is 0.0896. The number of halogens is 1. The lowest BCUT2D eigenvalue weighted by molar-refractivity contribution is -0.142. The van der Waals surface area contributed by atoms with Crippen molar-refractivity contribution in [1.29, 1.82) is 0 Å². The predicted molar refractivity (Wildman–Crippen MR) is 140 cm³/mol. The molecule has 0 unspecified atom stereocenters. The molecule has 0 atom stereocenters. The van der Waals surface area contributed by atoms with Gasteiger partial charge in [0.2, 0.25) is 5.91 Å². The highest BCUT2D eigenvalue weighted by molar-refractivity contribution is 6.34. The molecule has 2 aromatic rings. The van der Waals surface area contributed by atoms with E-state index in [2.05, 4.69) is 39.4 Å². The molecular weight excluding hydrogens is 460 g/mol. The molecule has 6 nitrogen and oxygen atoms in total. The van der Waals surface area contributed by atoms with Crippen molar-refractivity contribution in [1.82, 2.24) is 14.7 Å². The molecule has 1 saturated carbocycles. The zero-order chi connectivity index (χ0) is 24.6. The largest absolute Gasteiger partial charge is 0.380 e. The summed E-state index contributed by atoms with van der Waals surface area (Å²) in [5.74, 6) is 0.248. The molecule has 2 amide bonds. The van der Waals surface area contributed by atoms with Gasteiger partial charge >= 0.3 is 0 Å². The maximum Gasteiger partial charge on any atom is 0.254 e. The summed E-state index contributed by atoms with van der Waals surface area (Å²) >= 11 is 6.36. The fourth-order valence-corrected chi connectivity index (χ4v) is 6.07. The second-order valence-electron chi connectivity index (χ2n) is 10.5. The van der Waals surface area contributed by atoms with Gasteiger partial charge in [-0.05, 0) is 49.4 Å². The van der Waals surface area contributed by atoms with Crippen molar-refractivity contribution in [2.75, 3.05) is 45.6 Å². The number of anilines is 1. The first-order valence-corrected chi connectivity index (χ1v) is 13.1. The molecule has 1 N–H and O–H groups in total. The van der Waals surface area contributed by atoms with E-state index in [4.69, 9.17) is 11.6 Å². The van der Waals surface area contributed by atoms with E-state index in [-0.39, 0.29) is 11.3 Å². The third-order valence-electron chi connectivity index (χ3n) is 8.10. The van der Waals surface area contributed by atoms with Crippen LogP contribution in [0.2, 0.25) is 5.02 Å². The highest BCUT2D eigenvalue weighted by Crippen LogP contribution is 2.45. The molecule has 2 aliphatic heterocycles. The normalized spacial score (nSPS) is 20.6. The van der Waals surface area contributed by atoms with Gasteiger partial charge in [0.15, 0.2) is 0 Å². The van der Waals surface area contributed by atoms with Crippen molar-refractivity contribution in [3.05, 3.63) is 64.7 Å². The van der Waals surface area contributed by atoms with E-state index in [0.717, 1.165) is 64.0 Å². The Morgan fingerprint density at radius 3 is 2.29 bits per heavy atom. The van der Waals surface area contributed by atoms with Crippen molar-refractivity contribution in [3.63, 3.8) is 0 Å². The van der Waals surface area contributed by atoms with Crippen molar-refractivity contribution in [3.8, 4) is 0 Å². The summed E-state index contributed by atoms with van der Waals surface area (Å²) in [4.78, 5) is 31.9. The average Bonchev–Trinajstić information content (AvgIpc) is 2.81. The van der Waals surface area contributed by atoms with Crippen molar-refractivity contribution < 1.29 is 9.59 Å². The van der Waals surface area contributed by atoms with Crippen LogP contribution in [0.4, 0.5) is 5.69 Å². The van der Waals surface area contributed by atoms with Crippen LogP contribution in [0, 0.1) is 0 Å². The molecule has 0 spiro atoms. The van der Waals surface area contributed by atoms with Crippen LogP contribution in [-0.2, 0) is 10.2 Å². The fourth-order valence-electron chi connectivity index (χ4n) is 5.81. The lowest BCUT2D eigenvalue weighted by atomic mass is 9.63. The monoisotopic (exact) mass is 494 g/mol. The van der Waals surface area contributed by atoms with Crippen LogP contribution in [0.15, 0.2) is 48.5 Å². The van der Waals surface area contributed by atoms with Crippen LogP contribution >= 0.6 is 11.6 Å². The summed E-state index contributed by atoms with van der Waals surface area (Å²) in [7, 11) is 3.45. The highest BCUT2D eigenvalue weighted by atomic mass is 35.5. The number of amides is 2. The Balaban J connectivity index is 1.10. The smallest absolute Gasteiger partial charge is 0.254 e. The van der Waals surface area contributed by atoms with E-state index in [9.17, 15) is 9.59 Å². The van der Waals surface area contributed by atoms with Crippen molar-refractivity contribution >= 4 is 29.1 Å². The maximum atomic E-state index is 13.5. The molecule has 3 aliphatic rings. The Bertz CT molecular complexity index is 1070. The van der Waals surface area contributed by atoms with E-state index in [1.165, 1.54) is 10.5 Å². The first kappa shape index (κ1) is 24.1. The number of nitrogens with one attached hydrogen (secondary N) is 1. The summed E-state index contributed by atoms with van der Waals surface area (Å²) < 4.78 is 0. The summed E-state index contributed by atoms with van der Waals surface area (Å²) in [5.41, 5.74) is 2.37. The molecule has 0 radical (unpaired) electrons. The number of hydrogen-bond donors (Lipinski definition) is 1. The van der Waals surface area contributed by atoms with E-state index < -0.39 is 0 Å². The summed E-state index contributed by atoms with van der Waals surface area (Å²) in [6, 6.07) is 16.8. The van der Waals surface area contributed by atoms with Crippen LogP contribution in [0.3, 0.4) is 0 Å². The van der Waals surface area contributed by atoms with Crippen LogP contribution in [0.5, 0.6) is 0 Å². The summed E-state index contributed by atoms with van der Waals surface area (Å²) in [6.45, 7) is 3.68. The Morgan fingerprint density at radius 2 is 1.71 bits per heavy atom. The molecular formula is C28H35ClN4O2. The predicted octanol–water partition coefficient (Wildman–Crippen LogP) is 4.25. The molecule has 7 heteroatoms. The molecule has 0 aromatic heterocycles. The number of likely N-dealkylation sites (tertiary alicyclic amines) is 2. The number of hydrogen-bond acceptors (Lipinski definition) is 4. The van der Waals surface area contributed by atoms with E-state index in [1.807, 2.05) is 18.2 Å². The molecule has 35 heavy (non-hydrogen) atoms. The molecule has 2 saturated heterocycles. The number of rotatable bonds is 6. The van der Waals surface area contributed by atoms with Gasteiger partial charge in [-0.15, -0.1) is 0 Å². The zero-order valence-electron chi connectivity index (χ0n) is 20.7. The van der Waals surface area contributed by atoms with E-state index in [1.54, 1.807) is 20.2 Å².